The summed E-state index contributed by atoms with van der Waals surface area (Å²) in [5.74, 6) is 0.606. The molecule has 1 amide bonds. The molecule has 0 aliphatic heterocycles. The smallest absolute Gasteiger partial charge is 0.273 e. The van der Waals surface area contributed by atoms with Crippen molar-refractivity contribution >= 4 is 11.7 Å². The van der Waals surface area contributed by atoms with Crippen molar-refractivity contribution in [1.82, 2.24) is 14.9 Å². The topological polar surface area (TPSA) is 58.1 Å². The molecule has 0 radical (unpaired) electrons. The fourth-order valence-electron chi connectivity index (χ4n) is 2.32. The molecular formula is C19H26N4O. The summed E-state index contributed by atoms with van der Waals surface area (Å²) in [6.07, 6.45) is 2.43. The summed E-state index contributed by atoms with van der Waals surface area (Å²) in [4.78, 5) is 23.1. The Morgan fingerprint density at radius 1 is 1.17 bits per heavy atom. The normalized spacial score (nSPS) is 12.0. The fourth-order valence-corrected chi connectivity index (χ4v) is 2.32. The Kier molecular flexibility index (Phi) is 6.29. The summed E-state index contributed by atoms with van der Waals surface area (Å²) in [5, 5.41) is 3.28. The highest BCUT2D eigenvalue weighted by Crippen LogP contribution is 2.14. The van der Waals surface area contributed by atoms with Crippen molar-refractivity contribution in [3.05, 3.63) is 54.0 Å². The minimum atomic E-state index is -0.0801. The predicted molar refractivity (Wildman–Crippen MR) is 96.9 cm³/mol. The average Bonchev–Trinajstić information content (AvgIpc) is 2.60. The first-order valence-corrected chi connectivity index (χ1v) is 8.44. The number of carbonyl (C=O) groups excluding carboxylic acids is 1. The summed E-state index contributed by atoms with van der Waals surface area (Å²) in [7, 11) is 0. The summed E-state index contributed by atoms with van der Waals surface area (Å²) in [5.41, 5.74) is 1.52. The molecule has 128 valence electrons. The molecule has 5 nitrogen and oxygen atoms in total. The van der Waals surface area contributed by atoms with Gasteiger partial charge in [0.1, 0.15) is 17.8 Å². The van der Waals surface area contributed by atoms with E-state index in [1.54, 1.807) is 6.07 Å². The van der Waals surface area contributed by atoms with Crippen molar-refractivity contribution in [3.8, 4) is 0 Å². The van der Waals surface area contributed by atoms with Crippen LogP contribution in [0.15, 0.2) is 42.7 Å². The third-order valence-electron chi connectivity index (χ3n) is 3.97. The number of hydrogen-bond acceptors (Lipinski definition) is 4. The van der Waals surface area contributed by atoms with E-state index in [2.05, 4.69) is 29.1 Å². The van der Waals surface area contributed by atoms with E-state index in [4.69, 9.17) is 0 Å². The highest BCUT2D eigenvalue weighted by Gasteiger charge is 2.21. The maximum Gasteiger partial charge on any atom is 0.273 e. The van der Waals surface area contributed by atoms with Crippen LogP contribution in [-0.2, 0) is 6.54 Å². The van der Waals surface area contributed by atoms with E-state index in [0.717, 1.165) is 12.0 Å². The number of nitrogens with zero attached hydrogens (tertiary/aromatic N) is 3. The third kappa shape index (κ3) is 4.78. The number of aromatic nitrogens is 2. The largest absolute Gasteiger partial charge is 0.368 e. The number of hydrogen-bond donors (Lipinski definition) is 1. The lowest BCUT2D eigenvalue weighted by Gasteiger charge is -2.26. The van der Waals surface area contributed by atoms with E-state index in [-0.39, 0.29) is 11.9 Å². The van der Waals surface area contributed by atoms with Crippen LogP contribution in [-0.4, -0.2) is 32.9 Å². The molecule has 0 fully saturated rings. The van der Waals surface area contributed by atoms with Crippen molar-refractivity contribution in [3.63, 3.8) is 0 Å². The molecule has 0 saturated carbocycles. The van der Waals surface area contributed by atoms with Crippen LogP contribution in [0.5, 0.6) is 0 Å². The molecule has 0 spiro atoms. The summed E-state index contributed by atoms with van der Waals surface area (Å²) < 4.78 is 0. The Bertz CT molecular complexity index is 657. The van der Waals surface area contributed by atoms with Gasteiger partial charge in [-0.05, 0) is 32.8 Å². The SMILES string of the molecule is CCC(C)Nc1cc(C(=O)N(Cc2ccccc2)C(C)C)ncn1. The monoisotopic (exact) mass is 326 g/mol. The quantitative estimate of drug-likeness (QED) is 0.842. The maximum absolute atomic E-state index is 12.9. The first kappa shape index (κ1) is 17.9. The molecule has 1 aromatic carbocycles. The number of benzene rings is 1. The highest BCUT2D eigenvalue weighted by atomic mass is 16.2. The molecule has 24 heavy (non-hydrogen) atoms. The van der Waals surface area contributed by atoms with Gasteiger partial charge in [-0.15, -0.1) is 0 Å². The summed E-state index contributed by atoms with van der Waals surface area (Å²) >= 11 is 0. The molecule has 2 aromatic rings. The van der Waals surface area contributed by atoms with Gasteiger partial charge in [-0.25, -0.2) is 9.97 Å². The van der Waals surface area contributed by atoms with Crippen molar-refractivity contribution in [2.24, 2.45) is 0 Å². The molecular weight excluding hydrogens is 300 g/mol. The molecule has 1 heterocycles. The van der Waals surface area contributed by atoms with E-state index in [1.807, 2.05) is 49.1 Å². The van der Waals surface area contributed by atoms with Gasteiger partial charge in [0.05, 0.1) is 0 Å². The molecule has 2 rings (SSSR count). The number of rotatable bonds is 7. The first-order valence-electron chi connectivity index (χ1n) is 8.44. The molecule has 1 N–H and O–H groups in total. The minimum absolute atomic E-state index is 0.0801. The van der Waals surface area contributed by atoms with Crippen LogP contribution in [0.3, 0.4) is 0 Å². The number of carbonyl (C=O) groups is 1. The van der Waals surface area contributed by atoms with Crippen molar-refractivity contribution in [2.45, 2.75) is 52.7 Å². The zero-order valence-electron chi connectivity index (χ0n) is 14.9. The van der Waals surface area contributed by atoms with Gasteiger partial charge < -0.3 is 10.2 Å². The van der Waals surface area contributed by atoms with Crippen LogP contribution in [0, 0.1) is 0 Å². The van der Waals surface area contributed by atoms with Gasteiger partial charge >= 0.3 is 0 Å². The van der Waals surface area contributed by atoms with Crippen molar-refractivity contribution in [1.29, 1.82) is 0 Å². The van der Waals surface area contributed by atoms with Crippen molar-refractivity contribution in [2.75, 3.05) is 5.32 Å². The summed E-state index contributed by atoms with van der Waals surface area (Å²) in [6.45, 7) is 8.78. The van der Waals surface area contributed by atoms with Crippen LogP contribution in [0.4, 0.5) is 5.82 Å². The van der Waals surface area contributed by atoms with Crippen LogP contribution in [0.25, 0.3) is 0 Å². The maximum atomic E-state index is 12.9. The van der Waals surface area contributed by atoms with Gasteiger partial charge in [0.25, 0.3) is 5.91 Å². The summed E-state index contributed by atoms with van der Waals surface area (Å²) in [6, 6.07) is 12.1. The Hall–Kier alpha value is -2.43. The minimum Gasteiger partial charge on any atom is -0.368 e. The molecule has 0 aliphatic rings. The molecule has 1 unspecified atom stereocenters. The van der Waals surface area contributed by atoms with Gasteiger partial charge in [0, 0.05) is 24.7 Å². The zero-order chi connectivity index (χ0) is 17.5. The molecule has 0 bridgehead atoms. The van der Waals surface area contributed by atoms with E-state index in [0.29, 0.717) is 24.1 Å². The van der Waals surface area contributed by atoms with E-state index >= 15 is 0 Å². The zero-order valence-corrected chi connectivity index (χ0v) is 14.9. The van der Waals surface area contributed by atoms with Crippen LogP contribution < -0.4 is 5.32 Å². The molecule has 0 saturated heterocycles. The van der Waals surface area contributed by atoms with Crippen molar-refractivity contribution < 1.29 is 4.79 Å². The molecule has 1 aromatic heterocycles. The lowest BCUT2D eigenvalue weighted by Crippen LogP contribution is -2.37. The number of amides is 1. The Morgan fingerprint density at radius 3 is 2.50 bits per heavy atom. The second-order valence-corrected chi connectivity index (χ2v) is 6.25. The first-order chi connectivity index (χ1) is 11.5. The lowest BCUT2D eigenvalue weighted by molar-refractivity contribution is 0.0684. The van der Waals surface area contributed by atoms with Crippen LogP contribution in [0.1, 0.15) is 50.2 Å². The van der Waals surface area contributed by atoms with Gasteiger partial charge in [-0.2, -0.15) is 0 Å². The average molecular weight is 326 g/mol. The van der Waals surface area contributed by atoms with Crippen LogP contribution >= 0.6 is 0 Å². The highest BCUT2D eigenvalue weighted by molar-refractivity contribution is 5.93. The molecule has 0 aliphatic carbocycles. The van der Waals surface area contributed by atoms with Gasteiger partial charge in [0.2, 0.25) is 0 Å². The lowest BCUT2D eigenvalue weighted by atomic mass is 10.1. The third-order valence-corrected chi connectivity index (χ3v) is 3.97. The molecule has 5 heteroatoms. The fraction of sp³-hybridized carbons (Fsp3) is 0.421. The van der Waals surface area contributed by atoms with E-state index in [9.17, 15) is 4.79 Å². The van der Waals surface area contributed by atoms with Gasteiger partial charge in [-0.3, -0.25) is 4.79 Å². The molecule has 1 atom stereocenters. The van der Waals surface area contributed by atoms with Crippen LogP contribution in [0.2, 0.25) is 0 Å². The Labute approximate surface area is 144 Å². The van der Waals surface area contributed by atoms with Gasteiger partial charge in [-0.1, -0.05) is 37.3 Å². The van der Waals surface area contributed by atoms with Gasteiger partial charge in [0.15, 0.2) is 0 Å². The number of nitrogens with one attached hydrogen (secondary N) is 1. The van der Waals surface area contributed by atoms with E-state index in [1.165, 1.54) is 6.33 Å². The second kappa shape index (κ2) is 8.43. The van der Waals surface area contributed by atoms with E-state index < -0.39 is 0 Å². The Morgan fingerprint density at radius 2 is 1.88 bits per heavy atom. The number of anilines is 1. The predicted octanol–water partition coefficient (Wildman–Crippen LogP) is 3.74. The standard InChI is InChI=1S/C19H26N4O/c1-5-15(4)22-18-11-17(20-13-21-18)19(24)23(14(2)3)12-16-9-7-6-8-10-16/h6-11,13-15H,5,12H2,1-4H3,(H,20,21,22). The second-order valence-electron chi connectivity index (χ2n) is 6.25. The Balaban J connectivity index is 2.19.